The van der Waals surface area contributed by atoms with Gasteiger partial charge in [0.15, 0.2) is 0 Å². The van der Waals surface area contributed by atoms with E-state index in [4.69, 9.17) is 9.72 Å². The van der Waals surface area contributed by atoms with E-state index in [-0.39, 0.29) is 11.6 Å². The van der Waals surface area contributed by atoms with Crippen molar-refractivity contribution in [1.82, 2.24) is 14.5 Å². The fourth-order valence-corrected chi connectivity index (χ4v) is 5.43. The van der Waals surface area contributed by atoms with Crippen LogP contribution in [0.5, 0.6) is 0 Å². The number of hydrogen-bond acceptors (Lipinski definition) is 6. The molecule has 1 saturated heterocycles. The molecule has 7 heteroatoms. The van der Waals surface area contributed by atoms with Crippen molar-refractivity contribution >= 4 is 32.9 Å². The smallest absolute Gasteiger partial charge is 0.263 e. The first-order valence-corrected chi connectivity index (χ1v) is 10.7. The van der Waals surface area contributed by atoms with Gasteiger partial charge in [0.05, 0.1) is 12.0 Å². The maximum atomic E-state index is 13.6. The molecule has 1 fully saturated rings. The van der Waals surface area contributed by atoms with E-state index in [1.165, 1.54) is 0 Å². The van der Waals surface area contributed by atoms with Gasteiger partial charge < -0.3 is 9.64 Å². The first kappa shape index (κ1) is 17.9. The molecule has 4 rings (SSSR count). The number of thiophene rings is 2. The molecule has 1 aliphatic heterocycles. The van der Waals surface area contributed by atoms with Crippen LogP contribution in [0.2, 0.25) is 0 Å². The number of rotatable bonds is 5. The lowest BCUT2D eigenvalue weighted by molar-refractivity contribution is 0.191. The van der Waals surface area contributed by atoms with Gasteiger partial charge in [-0.25, -0.2) is 4.98 Å². The Labute approximate surface area is 160 Å². The normalized spacial score (nSPS) is 16.5. The SMILES string of the molecule is COCCc1nc2scc(-c3cccs3)c2c(=O)n1C1CCN(C)CC1. The Morgan fingerprint density at radius 3 is 2.81 bits per heavy atom. The van der Waals surface area contributed by atoms with Crippen LogP contribution in [-0.4, -0.2) is 48.3 Å². The molecule has 0 bridgehead atoms. The average Bonchev–Trinajstić information content (AvgIpc) is 3.30. The predicted molar refractivity (Wildman–Crippen MR) is 109 cm³/mol. The van der Waals surface area contributed by atoms with Gasteiger partial charge in [-0.2, -0.15) is 0 Å². The van der Waals surface area contributed by atoms with Gasteiger partial charge in [-0.1, -0.05) is 6.07 Å². The van der Waals surface area contributed by atoms with E-state index in [2.05, 4.69) is 28.8 Å². The summed E-state index contributed by atoms with van der Waals surface area (Å²) >= 11 is 3.23. The Hall–Kier alpha value is -1.54. The van der Waals surface area contributed by atoms with E-state index in [0.717, 1.165) is 52.4 Å². The highest BCUT2D eigenvalue weighted by Gasteiger charge is 2.25. The molecule has 0 radical (unpaired) electrons. The van der Waals surface area contributed by atoms with Gasteiger partial charge in [0, 0.05) is 35.4 Å². The zero-order valence-corrected chi connectivity index (χ0v) is 16.7. The molecule has 0 amide bonds. The second kappa shape index (κ2) is 7.60. The van der Waals surface area contributed by atoms with Gasteiger partial charge in [0.25, 0.3) is 5.56 Å². The molecule has 138 valence electrons. The third-order valence-corrected chi connectivity index (χ3v) is 6.86. The van der Waals surface area contributed by atoms with Crippen LogP contribution in [0, 0.1) is 0 Å². The van der Waals surface area contributed by atoms with E-state index >= 15 is 0 Å². The largest absolute Gasteiger partial charge is 0.384 e. The minimum atomic E-state index is 0.111. The number of piperidine rings is 1. The molecule has 3 aromatic rings. The van der Waals surface area contributed by atoms with Crippen molar-refractivity contribution in [3.63, 3.8) is 0 Å². The van der Waals surface area contributed by atoms with Gasteiger partial charge >= 0.3 is 0 Å². The molecular weight excluding hydrogens is 366 g/mol. The Morgan fingerprint density at radius 2 is 2.12 bits per heavy atom. The summed E-state index contributed by atoms with van der Waals surface area (Å²) in [6, 6.07) is 4.32. The summed E-state index contributed by atoms with van der Waals surface area (Å²) in [5, 5.41) is 4.90. The van der Waals surface area contributed by atoms with Crippen molar-refractivity contribution in [3.8, 4) is 10.4 Å². The minimum absolute atomic E-state index is 0.111. The maximum Gasteiger partial charge on any atom is 0.263 e. The van der Waals surface area contributed by atoms with E-state index in [9.17, 15) is 4.79 Å². The van der Waals surface area contributed by atoms with Crippen molar-refractivity contribution in [3.05, 3.63) is 39.1 Å². The number of methoxy groups -OCH3 is 1. The molecule has 0 saturated carbocycles. The molecule has 4 heterocycles. The lowest BCUT2D eigenvalue weighted by Crippen LogP contribution is -2.37. The summed E-state index contributed by atoms with van der Waals surface area (Å²) in [5.41, 5.74) is 1.14. The number of aromatic nitrogens is 2. The highest BCUT2D eigenvalue weighted by Crippen LogP contribution is 2.34. The fraction of sp³-hybridized carbons (Fsp3) is 0.474. The Kier molecular flexibility index (Phi) is 5.22. The van der Waals surface area contributed by atoms with Crippen LogP contribution >= 0.6 is 22.7 Å². The van der Waals surface area contributed by atoms with Crippen molar-refractivity contribution < 1.29 is 4.74 Å². The molecule has 3 aromatic heterocycles. The highest BCUT2D eigenvalue weighted by molar-refractivity contribution is 7.18. The topological polar surface area (TPSA) is 47.4 Å². The fourth-order valence-electron chi connectivity index (χ4n) is 3.66. The second-order valence-electron chi connectivity index (χ2n) is 6.79. The third kappa shape index (κ3) is 3.24. The van der Waals surface area contributed by atoms with E-state index in [1.807, 2.05) is 10.6 Å². The van der Waals surface area contributed by atoms with Gasteiger partial charge in [-0.15, -0.1) is 22.7 Å². The molecular formula is C19H23N3O2S2. The number of fused-ring (bicyclic) bond motifs is 1. The first-order valence-electron chi connectivity index (χ1n) is 8.93. The summed E-state index contributed by atoms with van der Waals surface area (Å²) < 4.78 is 7.23. The quantitative estimate of drug-likeness (QED) is 0.668. The van der Waals surface area contributed by atoms with Crippen LogP contribution in [0.3, 0.4) is 0 Å². The zero-order chi connectivity index (χ0) is 18.1. The van der Waals surface area contributed by atoms with Crippen LogP contribution in [0.15, 0.2) is 27.7 Å². The standard InChI is InChI=1S/C19H23N3O2S2/c1-21-8-5-13(6-9-21)22-16(7-10-24-2)20-18-17(19(22)23)14(12-26-18)15-4-3-11-25-15/h3-4,11-13H,5-10H2,1-2H3. The molecule has 1 aliphatic rings. The van der Waals surface area contributed by atoms with Gasteiger partial charge in [-0.3, -0.25) is 9.36 Å². The van der Waals surface area contributed by atoms with Crippen molar-refractivity contribution in [2.24, 2.45) is 0 Å². The van der Waals surface area contributed by atoms with Crippen molar-refractivity contribution in [1.29, 1.82) is 0 Å². The van der Waals surface area contributed by atoms with Crippen LogP contribution in [0.4, 0.5) is 0 Å². The van der Waals surface area contributed by atoms with Crippen LogP contribution in [0.25, 0.3) is 20.7 Å². The Bertz CT molecular complexity index is 938. The molecule has 0 N–H and O–H groups in total. The van der Waals surface area contributed by atoms with Gasteiger partial charge in [-0.05, 0) is 44.4 Å². The van der Waals surface area contributed by atoms with E-state index in [1.54, 1.807) is 29.8 Å². The summed E-state index contributed by atoms with van der Waals surface area (Å²) in [6.07, 6.45) is 2.64. The van der Waals surface area contributed by atoms with Crippen LogP contribution in [0.1, 0.15) is 24.7 Å². The molecule has 26 heavy (non-hydrogen) atoms. The zero-order valence-electron chi connectivity index (χ0n) is 15.1. The lowest BCUT2D eigenvalue weighted by atomic mass is 10.0. The maximum absolute atomic E-state index is 13.6. The number of nitrogens with zero attached hydrogens (tertiary/aromatic N) is 3. The highest BCUT2D eigenvalue weighted by atomic mass is 32.1. The third-order valence-electron chi connectivity index (χ3n) is 5.08. The monoisotopic (exact) mass is 389 g/mol. The second-order valence-corrected chi connectivity index (χ2v) is 8.59. The van der Waals surface area contributed by atoms with Crippen molar-refractivity contribution in [2.45, 2.75) is 25.3 Å². The molecule has 5 nitrogen and oxygen atoms in total. The molecule has 0 atom stereocenters. The summed E-state index contributed by atoms with van der Waals surface area (Å²) in [7, 11) is 3.83. The first-order chi connectivity index (χ1) is 12.7. The van der Waals surface area contributed by atoms with Crippen molar-refractivity contribution in [2.75, 3.05) is 33.9 Å². The Morgan fingerprint density at radius 1 is 1.31 bits per heavy atom. The number of hydrogen-bond donors (Lipinski definition) is 0. The van der Waals surface area contributed by atoms with E-state index in [0.29, 0.717) is 13.0 Å². The lowest BCUT2D eigenvalue weighted by Gasteiger charge is -2.31. The molecule has 0 aromatic carbocycles. The molecule has 0 unspecified atom stereocenters. The molecule has 0 aliphatic carbocycles. The van der Waals surface area contributed by atoms with Crippen LogP contribution < -0.4 is 5.56 Å². The average molecular weight is 390 g/mol. The molecule has 0 spiro atoms. The Balaban J connectivity index is 1.87. The number of ether oxygens (including phenoxy) is 1. The van der Waals surface area contributed by atoms with Crippen LogP contribution in [-0.2, 0) is 11.2 Å². The summed E-state index contributed by atoms with van der Waals surface area (Å²) in [6.45, 7) is 2.61. The van der Waals surface area contributed by atoms with Gasteiger partial charge in [0.2, 0.25) is 0 Å². The van der Waals surface area contributed by atoms with Gasteiger partial charge in [0.1, 0.15) is 10.7 Å². The predicted octanol–water partition coefficient (Wildman–Crippen LogP) is 3.64. The minimum Gasteiger partial charge on any atom is -0.384 e. The summed E-state index contributed by atoms with van der Waals surface area (Å²) in [4.78, 5) is 22.7. The number of likely N-dealkylation sites (tertiary alicyclic amines) is 1. The summed E-state index contributed by atoms with van der Waals surface area (Å²) in [5.74, 6) is 0.860. The van der Waals surface area contributed by atoms with E-state index < -0.39 is 0 Å².